The van der Waals surface area contributed by atoms with Crippen LogP contribution in [-0.2, 0) is 10.5 Å². The van der Waals surface area contributed by atoms with Crippen LogP contribution in [0.5, 0.6) is 0 Å². The Morgan fingerprint density at radius 3 is 2.82 bits per heavy atom. The van der Waals surface area contributed by atoms with Gasteiger partial charge in [-0.15, -0.1) is 0 Å². The largest absolute Gasteiger partial charge is 0.394 e. The highest BCUT2D eigenvalue weighted by atomic mass is 16.5. The van der Waals surface area contributed by atoms with Crippen molar-refractivity contribution in [3.8, 4) is 11.4 Å². The minimum Gasteiger partial charge on any atom is -0.394 e. The van der Waals surface area contributed by atoms with Gasteiger partial charge in [0.25, 0.3) is 0 Å². The van der Waals surface area contributed by atoms with Crippen LogP contribution in [0.3, 0.4) is 0 Å². The van der Waals surface area contributed by atoms with Gasteiger partial charge >= 0.3 is 0 Å². The summed E-state index contributed by atoms with van der Waals surface area (Å²) in [7, 11) is 1.88. The van der Waals surface area contributed by atoms with Crippen molar-refractivity contribution in [3.63, 3.8) is 0 Å². The van der Waals surface area contributed by atoms with E-state index in [4.69, 9.17) is 9.72 Å². The maximum absolute atomic E-state index is 11.8. The Labute approximate surface area is 195 Å². The van der Waals surface area contributed by atoms with Gasteiger partial charge in [-0.25, -0.2) is 9.97 Å². The summed E-state index contributed by atoms with van der Waals surface area (Å²) >= 11 is 0. The molecule has 0 amide bonds. The molecule has 0 aromatic carbocycles. The van der Waals surface area contributed by atoms with Crippen molar-refractivity contribution in [2.75, 3.05) is 20.3 Å². The van der Waals surface area contributed by atoms with Gasteiger partial charge < -0.3 is 15.2 Å². The number of rotatable bonds is 9. The number of fused-ring (bicyclic) bond motifs is 2. The smallest absolute Gasteiger partial charge is 0.161 e. The molecule has 3 heterocycles. The third-order valence-corrected chi connectivity index (χ3v) is 6.63. The summed E-state index contributed by atoms with van der Waals surface area (Å²) in [5.74, 6) is 1.06. The molecule has 2 aromatic heterocycles. The van der Waals surface area contributed by atoms with E-state index in [9.17, 15) is 5.11 Å². The standard InChI is InChI=1S/C25H34N6O2/c1-5-18(13-26-4)14-27-16-33-22-12-19-11-21(22)31(15-19)25(3,32)23-20(8-7-17(2)30-23)24-28-9-6-10-29-24/h6-10,13-14,19,21-22,26,32H,5,11-12,15-16H2,1-4H3/b18-13-,27-14-/t19?,21?,22?,25-/m0/s1. The first-order chi connectivity index (χ1) is 15.9. The number of aliphatic hydroxyl groups is 1. The van der Waals surface area contributed by atoms with E-state index in [-0.39, 0.29) is 12.1 Å². The number of hydrogen-bond acceptors (Lipinski definition) is 8. The fourth-order valence-corrected chi connectivity index (χ4v) is 5.03. The number of aromatic nitrogens is 3. The van der Waals surface area contributed by atoms with E-state index in [2.05, 4.69) is 32.1 Å². The van der Waals surface area contributed by atoms with Crippen LogP contribution in [0.2, 0.25) is 0 Å². The third-order valence-electron chi connectivity index (χ3n) is 6.63. The summed E-state index contributed by atoms with van der Waals surface area (Å²) in [5.41, 5.74) is 2.04. The molecule has 176 valence electrons. The summed E-state index contributed by atoms with van der Waals surface area (Å²) in [5, 5.41) is 14.9. The highest BCUT2D eigenvalue weighted by Gasteiger charge is 2.52. The first-order valence-corrected chi connectivity index (χ1v) is 11.7. The number of aryl methyl sites for hydroxylation is 1. The van der Waals surface area contributed by atoms with Gasteiger partial charge in [-0.05, 0) is 62.8 Å². The van der Waals surface area contributed by atoms with Gasteiger partial charge in [0, 0.05) is 55.7 Å². The summed E-state index contributed by atoms with van der Waals surface area (Å²) in [6.07, 6.45) is 10.2. The van der Waals surface area contributed by atoms with Crippen molar-refractivity contribution >= 4 is 6.21 Å². The molecule has 8 heteroatoms. The molecular weight excluding hydrogens is 416 g/mol. The molecule has 1 saturated carbocycles. The molecule has 2 N–H and O–H groups in total. The second kappa shape index (κ2) is 10.1. The Hall–Kier alpha value is -2.68. The number of piperidine rings is 1. The quantitative estimate of drug-likeness (QED) is 0.567. The van der Waals surface area contributed by atoms with Gasteiger partial charge in [-0.1, -0.05) is 6.92 Å². The van der Waals surface area contributed by atoms with Crippen molar-refractivity contribution in [1.29, 1.82) is 0 Å². The number of nitrogens with one attached hydrogen (secondary N) is 1. The van der Waals surface area contributed by atoms with Gasteiger partial charge in [0.1, 0.15) is 6.73 Å². The van der Waals surface area contributed by atoms with E-state index < -0.39 is 5.72 Å². The monoisotopic (exact) mass is 450 g/mol. The van der Waals surface area contributed by atoms with E-state index in [1.165, 1.54) is 0 Å². The van der Waals surface area contributed by atoms with Gasteiger partial charge in [-0.2, -0.15) is 0 Å². The van der Waals surface area contributed by atoms with Crippen LogP contribution in [0, 0.1) is 12.8 Å². The predicted octanol–water partition coefficient (Wildman–Crippen LogP) is 3.03. The molecule has 3 unspecified atom stereocenters. The Morgan fingerprint density at radius 2 is 2.12 bits per heavy atom. The second-order valence-corrected chi connectivity index (χ2v) is 9.01. The van der Waals surface area contributed by atoms with Crippen molar-refractivity contribution in [2.24, 2.45) is 10.9 Å². The maximum Gasteiger partial charge on any atom is 0.161 e. The van der Waals surface area contributed by atoms with E-state index in [0.717, 1.165) is 42.6 Å². The van der Waals surface area contributed by atoms with Gasteiger partial charge in [0.05, 0.1) is 11.8 Å². The Bertz CT molecular complexity index is 1010. The average molecular weight is 451 g/mol. The topological polar surface area (TPSA) is 95.8 Å². The lowest BCUT2D eigenvalue weighted by Crippen LogP contribution is -2.53. The number of allylic oxidation sites excluding steroid dienone is 1. The highest BCUT2D eigenvalue weighted by molar-refractivity contribution is 5.78. The van der Waals surface area contributed by atoms with Crippen LogP contribution in [0.1, 0.15) is 44.5 Å². The number of ether oxygens (including phenoxy) is 1. The highest BCUT2D eigenvalue weighted by Crippen LogP contribution is 2.45. The molecule has 2 bridgehead atoms. The Balaban J connectivity index is 1.52. The maximum atomic E-state index is 11.8. The molecule has 4 atom stereocenters. The molecule has 1 aliphatic carbocycles. The molecule has 1 saturated heterocycles. The third kappa shape index (κ3) is 4.98. The van der Waals surface area contributed by atoms with E-state index in [0.29, 0.717) is 24.2 Å². The number of aliphatic imine (C=N–C) groups is 1. The number of nitrogens with zero attached hydrogens (tertiary/aromatic N) is 5. The zero-order chi connectivity index (χ0) is 23.4. The fourth-order valence-electron chi connectivity index (χ4n) is 5.03. The van der Waals surface area contributed by atoms with E-state index in [1.807, 2.05) is 45.4 Å². The molecule has 8 nitrogen and oxygen atoms in total. The molecular formula is C25H34N6O2. The minimum atomic E-state index is -1.27. The summed E-state index contributed by atoms with van der Waals surface area (Å²) in [4.78, 5) is 20.1. The molecule has 4 rings (SSSR count). The van der Waals surface area contributed by atoms with Crippen LogP contribution in [-0.4, -0.2) is 63.6 Å². The minimum absolute atomic E-state index is 0.0342. The lowest BCUT2D eigenvalue weighted by Gasteiger charge is -2.42. The Morgan fingerprint density at radius 1 is 1.33 bits per heavy atom. The lowest BCUT2D eigenvalue weighted by molar-refractivity contribution is -0.146. The molecule has 33 heavy (non-hydrogen) atoms. The molecule has 0 radical (unpaired) electrons. The first-order valence-electron chi connectivity index (χ1n) is 11.7. The molecule has 1 aliphatic heterocycles. The first kappa shape index (κ1) is 23.5. The van der Waals surface area contributed by atoms with Crippen molar-refractivity contribution in [3.05, 3.63) is 53.8 Å². The van der Waals surface area contributed by atoms with E-state index >= 15 is 0 Å². The zero-order valence-corrected chi connectivity index (χ0v) is 19.9. The molecule has 2 aromatic rings. The second-order valence-electron chi connectivity index (χ2n) is 9.01. The van der Waals surface area contributed by atoms with Gasteiger partial charge in [0.15, 0.2) is 11.5 Å². The zero-order valence-electron chi connectivity index (χ0n) is 19.9. The van der Waals surface area contributed by atoms with Crippen molar-refractivity contribution < 1.29 is 9.84 Å². The lowest BCUT2D eigenvalue weighted by atomic mass is 9.98. The van der Waals surface area contributed by atoms with Crippen molar-refractivity contribution in [2.45, 2.75) is 57.9 Å². The molecule has 2 fully saturated rings. The molecule has 0 spiro atoms. The van der Waals surface area contributed by atoms with Crippen LogP contribution in [0.4, 0.5) is 0 Å². The van der Waals surface area contributed by atoms with Crippen LogP contribution in [0.25, 0.3) is 11.4 Å². The summed E-state index contributed by atoms with van der Waals surface area (Å²) in [6.45, 7) is 6.99. The van der Waals surface area contributed by atoms with Gasteiger partial charge in [-0.3, -0.25) is 14.9 Å². The molecule has 2 aliphatic rings. The Kier molecular flexibility index (Phi) is 7.17. The summed E-state index contributed by atoms with van der Waals surface area (Å²) < 4.78 is 6.17. The number of hydrogen-bond donors (Lipinski definition) is 2. The SMILES string of the molecule is CCC(/C=N\COC1CC2CC1N([C@@](C)(O)c1nc(C)ccc1-c1ncccn1)C2)=C/NC. The van der Waals surface area contributed by atoms with Gasteiger partial charge in [0.2, 0.25) is 0 Å². The number of pyridine rings is 1. The summed E-state index contributed by atoms with van der Waals surface area (Å²) in [6, 6.07) is 5.77. The van der Waals surface area contributed by atoms with Crippen LogP contribution < -0.4 is 5.32 Å². The average Bonchev–Trinajstić information content (AvgIpc) is 3.43. The van der Waals surface area contributed by atoms with Crippen LogP contribution >= 0.6 is 0 Å². The van der Waals surface area contributed by atoms with Crippen molar-refractivity contribution in [1.82, 2.24) is 25.2 Å². The van der Waals surface area contributed by atoms with Crippen LogP contribution in [0.15, 0.2) is 47.4 Å². The van der Waals surface area contributed by atoms with E-state index in [1.54, 1.807) is 18.5 Å². The predicted molar refractivity (Wildman–Crippen MR) is 128 cm³/mol. The fraction of sp³-hybridized carbons (Fsp3) is 0.520. The number of likely N-dealkylation sites (tertiary alicyclic amines) is 1. The normalized spacial score (nSPS) is 25.0.